The number of benzene rings is 1. The molecule has 2 N–H and O–H groups in total. The van der Waals surface area contributed by atoms with Crippen LogP contribution in [-0.4, -0.2) is 16.6 Å². The number of fused-ring (bicyclic) bond motifs is 1. The fourth-order valence-corrected chi connectivity index (χ4v) is 3.23. The number of aliphatic hydroxyl groups is 1. The third kappa shape index (κ3) is 3.02. The summed E-state index contributed by atoms with van der Waals surface area (Å²) in [5, 5.41) is 20.0. The van der Waals surface area contributed by atoms with Crippen molar-refractivity contribution in [1.29, 1.82) is 0 Å². The van der Waals surface area contributed by atoms with Gasteiger partial charge in [0.1, 0.15) is 16.6 Å². The van der Waals surface area contributed by atoms with Crippen LogP contribution in [-0.2, 0) is 5.60 Å². The Labute approximate surface area is 132 Å². The summed E-state index contributed by atoms with van der Waals surface area (Å²) in [6.45, 7) is 2.15. The summed E-state index contributed by atoms with van der Waals surface area (Å²) < 4.78 is 0. The maximum Gasteiger partial charge on any atom is 0.139 e. The zero-order valence-electron chi connectivity index (χ0n) is 11.5. The van der Waals surface area contributed by atoms with Gasteiger partial charge in [-0.15, -0.1) is 0 Å². The van der Waals surface area contributed by atoms with E-state index >= 15 is 0 Å². The second kappa shape index (κ2) is 5.64. The maximum atomic E-state index is 10.5. The molecule has 0 radical (unpaired) electrons. The number of hydrogen-bond acceptors (Lipinski definition) is 4. The van der Waals surface area contributed by atoms with Crippen molar-refractivity contribution in [3.05, 3.63) is 57.9 Å². The molecule has 3 nitrogen and oxygen atoms in total. The van der Waals surface area contributed by atoms with Gasteiger partial charge in [-0.3, -0.25) is 0 Å². The van der Waals surface area contributed by atoms with Crippen LogP contribution >= 0.6 is 22.9 Å². The molecular formula is C16H15ClN2OS. The molecule has 3 aromatic rings. The average molecular weight is 319 g/mol. The zero-order valence-corrected chi connectivity index (χ0v) is 13.1. The molecule has 0 amide bonds. The fourth-order valence-electron chi connectivity index (χ4n) is 2.18. The predicted octanol–water partition coefficient (Wildman–Crippen LogP) is 4.27. The first kappa shape index (κ1) is 14.3. The van der Waals surface area contributed by atoms with Crippen LogP contribution in [0.5, 0.6) is 0 Å². The van der Waals surface area contributed by atoms with Gasteiger partial charge in [-0.1, -0.05) is 35.9 Å². The number of anilines is 1. The van der Waals surface area contributed by atoms with Gasteiger partial charge in [-0.2, -0.15) is 11.3 Å². The van der Waals surface area contributed by atoms with E-state index < -0.39 is 5.60 Å². The van der Waals surface area contributed by atoms with Crippen molar-refractivity contribution >= 4 is 39.5 Å². The molecular weight excluding hydrogens is 304 g/mol. The Balaban J connectivity index is 1.82. The van der Waals surface area contributed by atoms with Crippen molar-refractivity contribution in [3.8, 4) is 0 Å². The Hall–Kier alpha value is -1.62. The van der Waals surface area contributed by atoms with Crippen LogP contribution in [0.25, 0.3) is 10.8 Å². The van der Waals surface area contributed by atoms with E-state index in [1.807, 2.05) is 47.2 Å². The van der Waals surface area contributed by atoms with Gasteiger partial charge < -0.3 is 10.4 Å². The molecule has 0 spiro atoms. The van der Waals surface area contributed by atoms with Crippen LogP contribution in [0, 0.1) is 0 Å². The van der Waals surface area contributed by atoms with Crippen molar-refractivity contribution in [3.63, 3.8) is 0 Å². The highest BCUT2D eigenvalue weighted by atomic mass is 35.5. The molecule has 5 heteroatoms. The topological polar surface area (TPSA) is 45.1 Å². The third-order valence-corrected chi connectivity index (χ3v) is 4.42. The van der Waals surface area contributed by atoms with Crippen molar-refractivity contribution in [2.45, 2.75) is 12.5 Å². The Kier molecular flexibility index (Phi) is 3.85. The monoisotopic (exact) mass is 318 g/mol. The summed E-state index contributed by atoms with van der Waals surface area (Å²) in [6, 6.07) is 11.7. The van der Waals surface area contributed by atoms with Gasteiger partial charge in [0, 0.05) is 11.9 Å². The van der Waals surface area contributed by atoms with Gasteiger partial charge in [-0.05, 0) is 40.8 Å². The molecule has 108 valence electrons. The molecule has 0 bridgehead atoms. The lowest BCUT2D eigenvalue weighted by Gasteiger charge is -2.23. The summed E-state index contributed by atoms with van der Waals surface area (Å²) in [5.74, 6) is 0.661. The smallest absolute Gasteiger partial charge is 0.139 e. The summed E-state index contributed by atoms with van der Waals surface area (Å²) in [5.41, 5.74) is -0.0494. The van der Waals surface area contributed by atoms with Crippen LogP contribution in [0.4, 0.5) is 5.82 Å². The summed E-state index contributed by atoms with van der Waals surface area (Å²) >= 11 is 7.77. The number of nitrogens with one attached hydrogen (secondary N) is 1. The van der Waals surface area contributed by atoms with Crippen molar-refractivity contribution in [1.82, 2.24) is 4.98 Å². The maximum absolute atomic E-state index is 10.5. The minimum absolute atomic E-state index is 0.366. The van der Waals surface area contributed by atoms with Crippen molar-refractivity contribution in [2.75, 3.05) is 11.9 Å². The molecule has 21 heavy (non-hydrogen) atoms. The van der Waals surface area contributed by atoms with Crippen LogP contribution in [0.3, 0.4) is 0 Å². The second-order valence-corrected chi connectivity index (χ2v) is 6.30. The molecule has 2 heterocycles. The van der Waals surface area contributed by atoms with E-state index in [1.54, 1.807) is 18.3 Å². The quantitative estimate of drug-likeness (QED) is 0.706. The molecule has 1 aromatic carbocycles. The van der Waals surface area contributed by atoms with Crippen molar-refractivity contribution < 1.29 is 5.11 Å². The van der Waals surface area contributed by atoms with Crippen molar-refractivity contribution in [2.24, 2.45) is 0 Å². The predicted molar refractivity (Wildman–Crippen MR) is 89.1 cm³/mol. The van der Waals surface area contributed by atoms with Gasteiger partial charge in [0.25, 0.3) is 0 Å². The van der Waals surface area contributed by atoms with E-state index in [1.165, 1.54) is 0 Å². The standard InChI is InChI=1S/C16H15ClN2OS/c1-16(20,12-6-7-21-9-12)10-18-14-8-11-4-2-3-5-13(11)15(17)19-14/h2-9,20H,10H2,1H3,(H,18,19). The van der Waals surface area contributed by atoms with Crippen LogP contribution in [0.2, 0.25) is 5.15 Å². The highest BCUT2D eigenvalue weighted by Gasteiger charge is 2.23. The van der Waals surface area contributed by atoms with Gasteiger partial charge >= 0.3 is 0 Å². The minimum atomic E-state index is -0.945. The van der Waals surface area contributed by atoms with Gasteiger partial charge in [0.05, 0.1) is 0 Å². The Morgan fingerprint density at radius 1 is 1.33 bits per heavy atom. The second-order valence-electron chi connectivity index (χ2n) is 5.16. The highest BCUT2D eigenvalue weighted by Crippen LogP contribution is 2.26. The van der Waals surface area contributed by atoms with E-state index in [9.17, 15) is 5.11 Å². The molecule has 3 rings (SSSR count). The number of hydrogen-bond donors (Lipinski definition) is 2. The molecule has 0 aliphatic carbocycles. The fraction of sp³-hybridized carbons (Fsp3) is 0.188. The van der Waals surface area contributed by atoms with Gasteiger partial charge in [0.2, 0.25) is 0 Å². The van der Waals surface area contributed by atoms with E-state index in [0.29, 0.717) is 17.5 Å². The number of thiophene rings is 1. The first-order valence-electron chi connectivity index (χ1n) is 6.60. The third-order valence-electron chi connectivity index (χ3n) is 3.45. The molecule has 0 aliphatic heterocycles. The number of pyridine rings is 1. The van der Waals surface area contributed by atoms with Crippen LogP contribution in [0.1, 0.15) is 12.5 Å². The number of rotatable bonds is 4. The lowest BCUT2D eigenvalue weighted by molar-refractivity contribution is 0.0719. The number of halogens is 1. The molecule has 2 aromatic heterocycles. The zero-order chi connectivity index (χ0) is 14.9. The Morgan fingerprint density at radius 2 is 2.14 bits per heavy atom. The molecule has 1 unspecified atom stereocenters. The lowest BCUT2D eigenvalue weighted by atomic mass is 9.99. The Morgan fingerprint density at radius 3 is 2.90 bits per heavy atom. The average Bonchev–Trinajstić information content (AvgIpc) is 3.00. The van der Waals surface area contributed by atoms with E-state index in [2.05, 4.69) is 10.3 Å². The summed E-state index contributed by atoms with van der Waals surface area (Å²) in [6.07, 6.45) is 0. The van der Waals surface area contributed by atoms with Crippen LogP contribution in [0.15, 0.2) is 47.2 Å². The highest BCUT2D eigenvalue weighted by molar-refractivity contribution is 7.08. The van der Waals surface area contributed by atoms with E-state index in [4.69, 9.17) is 11.6 Å². The van der Waals surface area contributed by atoms with E-state index in [0.717, 1.165) is 16.3 Å². The molecule has 0 fully saturated rings. The van der Waals surface area contributed by atoms with Crippen LogP contribution < -0.4 is 5.32 Å². The van der Waals surface area contributed by atoms with Gasteiger partial charge in [-0.25, -0.2) is 4.98 Å². The largest absolute Gasteiger partial charge is 0.384 e. The number of aromatic nitrogens is 1. The molecule has 0 saturated heterocycles. The normalized spacial score (nSPS) is 14.0. The lowest BCUT2D eigenvalue weighted by Crippen LogP contribution is -2.30. The molecule has 0 saturated carbocycles. The number of nitrogens with zero attached hydrogens (tertiary/aromatic N) is 1. The first-order valence-corrected chi connectivity index (χ1v) is 7.92. The van der Waals surface area contributed by atoms with Gasteiger partial charge in [0.15, 0.2) is 0 Å². The summed E-state index contributed by atoms with van der Waals surface area (Å²) in [7, 11) is 0. The first-order chi connectivity index (χ1) is 10.1. The minimum Gasteiger partial charge on any atom is -0.384 e. The Bertz CT molecular complexity index is 756. The van der Waals surface area contributed by atoms with E-state index in [-0.39, 0.29) is 0 Å². The SMILES string of the molecule is CC(O)(CNc1cc2ccccc2c(Cl)n1)c1ccsc1. The summed E-state index contributed by atoms with van der Waals surface area (Å²) in [4.78, 5) is 4.33. The molecule has 1 atom stereocenters. The molecule has 0 aliphatic rings.